The number of rotatable bonds is 4. The van der Waals surface area contributed by atoms with Crippen LogP contribution in [0.25, 0.3) is 0 Å². The number of hydrogen-bond donors (Lipinski definition) is 2. The van der Waals surface area contributed by atoms with E-state index in [0.29, 0.717) is 12.8 Å². The molecule has 2 N–H and O–H groups in total. The van der Waals surface area contributed by atoms with Gasteiger partial charge in [-0.15, -0.1) is 11.3 Å². The lowest BCUT2D eigenvalue weighted by molar-refractivity contribution is -0.149. The predicted molar refractivity (Wildman–Crippen MR) is 69.6 cm³/mol. The number of carbonyl (C=O) groups is 2. The largest absolute Gasteiger partial charge is 0.480 e. The molecule has 5 heteroatoms. The van der Waals surface area contributed by atoms with Crippen molar-refractivity contribution in [3.8, 4) is 0 Å². The Bertz CT molecular complexity index is 421. The summed E-state index contributed by atoms with van der Waals surface area (Å²) in [6, 6.07) is 3.78. The molecular formula is C13H17NO3S. The second-order valence-corrected chi connectivity index (χ2v) is 5.78. The minimum absolute atomic E-state index is 0.193. The van der Waals surface area contributed by atoms with E-state index in [1.165, 1.54) is 11.3 Å². The highest BCUT2D eigenvalue weighted by Gasteiger charge is 2.40. The molecule has 18 heavy (non-hydrogen) atoms. The number of amides is 1. The van der Waals surface area contributed by atoms with E-state index in [2.05, 4.69) is 5.32 Å². The fourth-order valence-corrected chi connectivity index (χ4v) is 3.13. The first-order chi connectivity index (χ1) is 8.62. The average Bonchev–Trinajstić information content (AvgIpc) is 2.82. The molecule has 1 amide bonds. The fourth-order valence-electron chi connectivity index (χ4n) is 2.43. The fraction of sp³-hybridized carbons (Fsp3) is 0.538. The van der Waals surface area contributed by atoms with Gasteiger partial charge < -0.3 is 10.4 Å². The van der Waals surface area contributed by atoms with Crippen molar-refractivity contribution in [3.05, 3.63) is 22.4 Å². The van der Waals surface area contributed by atoms with Crippen molar-refractivity contribution >= 4 is 23.2 Å². The highest BCUT2D eigenvalue weighted by Crippen LogP contribution is 2.28. The quantitative estimate of drug-likeness (QED) is 0.878. The Balaban J connectivity index is 2.00. The van der Waals surface area contributed by atoms with E-state index in [4.69, 9.17) is 0 Å². The Morgan fingerprint density at radius 1 is 1.33 bits per heavy atom. The van der Waals surface area contributed by atoms with Crippen LogP contribution in [0, 0.1) is 0 Å². The summed E-state index contributed by atoms with van der Waals surface area (Å²) in [4.78, 5) is 24.3. The third-order valence-corrected chi connectivity index (χ3v) is 4.29. The van der Waals surface area contributed by atoms with E-state index in [0.717, 1.165) is 24.1 Å². The molecule has 2 rings (SSSR count). The summed E-state index contributed by atoms with van der Waals surface area (Å²) in [7, 11) is 0. The third-order valence-electron chi connectivity index (χ3n) is 3.41. The molecule has 1 heterocycles. The van der Waals surface area contributed by atoms with Gasteiger partial charge in [-0.3, -0.25) is 4.79 Å². The number of carbonyl (C=O) groups excluding carboxylic acids is 1. The molecule has 0 unspecified atom stereocenters. The molecular weight excluding hydrogens is 250 g/mol. The van der Waals surface area contributed by atoms with E-state index < -0.39 is 11.5 Å². The zero-order valence-corrected chi connectivity index (χ0v) is 11.0. The van der Waals surface area contributed by atoms with Crippen molar-refractivity contribution in [3.63, 3.8) is 0 Å². The van der Waals surface area contributed by atoms with E-state index in [9.17, 15) is 14.7 Å². The smallest absolute Gasteiger partial charge is 0.329 e. The Morgan fingerprint density at radius 2 is 2.06 bits per heavy atom. The van der Waals surface area contributed by atoms with E-state index in [1.54, 1.807) is 0 Å². The number of thiophene rings is 1. The number of nitrogens with one attached hydrogen (secondary N) is 1. The topological polar surface area (TPSA) is 66.4 Å². The Hall–Kier alpha value is -1.36. The Kier molecular flexibility index (Phi) is 4.01. The van der Waals surface area contributed by atoms with Gasteiger partial charge in [0, 0.05) is 4.88 Å². The molecule has 0 atom stereocenters. The maximum absolute atomic E-state index is 11.9. The molecule has 1 fully saturated rings. The van der Waals surface area contributed by atoms with Crippen LogP contribution in [0.1, 0.15) is 37.0 Å². The van der Waals surface area contributed by atoms with Crippen LogP contribution < -0.4 is 5.32 Å². The molecule has 4 nitrogen and oxygen atoms in total. The zero-order chi connectivity index (χ0) is 13.0. The summed E-state index contributed by atoms with van der Waals surface area (Å²) in [6.07, 6.45) is 4.14. The first-order valence-corrected chi connectivity index (χ1v) is 7.07. The SMILES string of the molecule is O=C(Cc1cccs1)NC1(C(=O)O)CCCCC1. The van der Waals surface area contributed by atoms with Crippen LogP contribution in [0.4, 0.5) is 0 Å². The van der Waals surface area contributed by atoms with Crippen LogP contribution in [0.15, 0.2) is 17.5 Å². The van der Waals surface area contributed by atoms with Gasteiger partial charge in [0.25, 0.3) is 0 Å². The molecule has 0 bridgehead atoms. The summed E-state index contributed by atoms with van der Waals surface area (Å²) in [6.45, 7) is 0. The highest BCUT2D eigenvalue weighted by molar-refractivity contribution is 7.10. The Morgan fingerprint density at radius 3 is 2.61 bits per heavy atom. The van der Waals surface area contributed by atoms with Crippen molar-refractivity contribution in [2.75, 3.05) is 0 Å². The summed E-state index contributed by atoms with van der Waals surface area (Å²) < 4.78 is 0. The predicted octanol–water partition coefficient (Wildman–Crippen LogP) is 2.19. The molecule has 1 aromatic rings. The van der Waals surface area contributed by atoms with Gasteiger partial charge in [-0.05, 0) is 24.3 Å². The molecule has 1 aliphatic rings. The van der Waals surface area contributed by atoms with Crippen LogP contribution in [0.2, 0.25) is 0 Å². The second-order valence-electron chi connectivity index (χ2n) is 4.75. The maximum Gasteiger partial charge on any atom is 0.329 e. The van der Waals surface area contributed by atoms with Gasteiger partial charge in [-0.1, -0.05) is 25.3 Å². The first kappa shape index (κ1) is 13.1. The molecule has 0 saturated heterocycles. The minimum Gasteiger partial charge on any atom is -0.480 e. The van der Waals surface area contributed by atoms with Crippen molar-refractivity contribution < 1.29 is 14.7 Å². The van der Waals surface area contributed by atoms with Gasteiger partial charge in [-0.25, -0.2) is 4.79 Å². The van der Waals surface area contributed by atoms with Crippen LogP contribution >= 0.6 is 11.3 Å². The lowest BCUT2D eigenvalue weighted by atomic mass is 9.81. The monoisotopic (exact) mass is 267 g/mol. The minimum atomic E-state index is -1.04. The molecule has 98 valence electrons. The number of hydrogen-bond acceptors (Lipinski definition) is 3. The lowest BCUT2D eigenvalue weighted by Gasteiger charge is -2.33. The lowest BCUT2D eigenvalue weighted by Crippen LogP contribution is -2.55. The van der Waals surface area contributed by atoms with Gasteiger partial charge >= 0.3 is 5.97 Å². The van der Waals surface area contributed by atoms with Gasteiger partial charge in [-0.2, -0.15) is 0 Å². The molecule has 0 aliphatic heterocycles. The molecule has 1 aromatic heterocycles. The Labute approximate surface area is 110 Å². The first-order valence-electron chi connectivity index (χ1n) is 6.19. The van der Waals surface area contributed by atoms with Gasteiger partial charge in [0.15, 0.2) is 0 Å². The third kappa shape index (κ3) is 2.90. The summed E-state index contributed by atoms with van der Waals surface area (Å²) in [5, 5.41) is 14.0. The number of carboxylic acids is 1. The van der Waals surface area contributed by atoms with Crippen molar-refractivity contribution in [2.45, 2.75) is 44.1 Å². The molecule has 0 spiro atoms. The standard InChI is InChI=1S/C13H17NO3S/c15-11(9-10-5-4-8-18-10)14-13(12(16)17)6-2-1-3-7-13/h4-5,8H,1-3,6-7,9H2,(H,14,15)(H,16,17). The van der Waals surface area contributed by atoms with E-state index >= 15 is 0 Å². The zero-order valence-electron chi connectivity index (χ0n) is 10.1. The second kappa shape index (κ2) is 5.52. The molecule has 1 aliphatic carbocycles. The molecule has 1 saturated carbocycles. The summed E-state index contributed by atoms with van der Waals surface area (Å²) >= 11 is 1.51. The number of aliphatic carboxylic acids is 1. The highest BCUT2D eigenvalue weighted by atomic mass is 32.1. The van der Waals surface area contributed by atoms with Crippen molar-refractivity contribution in [1.29, 1.82) is 0 Å². The van der Waals surface area contributed by atoms with Gasteiger partial charge in [0.05, 0.1) is 6.42 Å². The van der Waals surface area contributed by atoms with Crippen molar-refractivity contribution in [2.24, 2.45) is 0 Å². The average molecular weight is 267 g/mol. The van der Waals surface area contributed by atoms with Crippen LogP contribution in [-0.2, 0) is 16.0 Å². The molecule has 0 aromatic carbocycles. The van der Waals surface area contributed by atoms with Crippen LogP contribution in [-0.4, -0.2) is 22.5 Å². The van der Waals surface area contributed by atoms with Gasteiger partial charge in [0.2, 0.25) is 5.91 Å². The van der Waals surface area contributed by atoms with E-state index in [-0.39, 0.29) is 12.3 Å². The van der Waals surface area contributed by atoms with E-state index in [1.807, 2.05) is 17.5 Å². The molecule has 0 radical (unpaired) electrons. The maximum atomic E-state index is 11.9. The summed E-state index contributed by atoms with van der Waals surface area (Å²) in [5.41, 5.74) is -1.04. The number of carboxylic acid groups (broad SMARTS) is 1. The summed E-state index contributed by atoms with van der Waals surface area (Å²) in [5.74, 6) is -1.09. The van der Waals surface area contributed by atoms with Crippen LogP contribution in [0.3, 0.4) is 0 Å². The van der Waals surface area contributed by atoms with Crippen molar-refractivity contribution in [1.82, 2.24) is 5.32 Å². The normalized spacial score (nSPS) is 18.2. The van der Waals surface area contributed by atoms with Gasteiger partial charge in [0.1, 0.15) is 5.54 Å². The van der Waals surface area contributed by atoms with Crippen LogP contribution in [0.5, 0.6) is 0 Å².